The number of thioether (sulfide) groups is 1. The molecule has 96 valence electrons. The Morgan fingerprint density at radius 3 is 3.11 bits per heavy atom. The summed E-state index contributed by atoms with van der Waals surface area (Å²) in [5.74, 6) is 1.51. The number of amides is 1. The summed E-state index contributed by atoms with van der Waals surface area (Å²) in [6.45, 7) is 1.78. The number of hydrogen-bond acceptors (Lipinski definition) is 6. The van der Waals surface area contributed by atoms with Crippen molar-refractivity contribution in [3.05, 3.63) is 40.9 Å². The molecule has 1 aliphatic heterocycles. The van der Waals surface area contributed by atoms with Crippen molar-refractivity contribution in [1.82, 2.24) is 10.5 Å². The highest BCUT2D eigenvalue weighted by Gasteiger charge is 2.24. The number of aromatic nitrogens is 1. The molecule has 1 N–H and O–H groups in total. The van der Waals surface area contributed by atoms with Gasteiger partial charge in [0, 0.05) is 12.1 Å². The van der Waals surface area contributed by atoms with E-state index in [1.54, 1.807) is 37.5 Å². The van der Waals surface area contributed by atoms with Crippen LogP contribution in [-0.4, -0.2) is 16.2 Å². The quantitative estimate of drug-likeness (QED) is 0.851. The highest BCUT2D eigenvalue weighted by molar-refractivity contribution is 8.18. The lowest BCUT2D eigenvalue weighted by molar-refractivity contribution is -0.115. The van der Waals surface area contributed by atoms with Crippen LogP contribution in [-0.2, 0) is 4.79 Å². The van der Waals surface area contributed by atoms with Gasteiger partial charge in [-0.2, -0.15) is 0 Å². The topological polar surface area (TPSA) is 80.6 Å². The Kier molecular flexibility index (Phi) is 2.96. The van der Waals surface area contributed by atoms with Crippen LogP contribution < -0.4 is 5.32 Å². The average Bonchev–Trinajstić information content (AvgIpc) is 3.06. The minimum atomic E-state index is -0.208. The first-order valence-electron chi connectivity index (χ1n) is 5.47. The van der Waals surface area contributed by atoms with E-state index in [0.717, 1.165) is 0 Å². The van der Waals surface area contributed by atoms with Crippen LogP contribution in [0.2, 0.25) is 0 Å². The maximum Gasteiger partial charge on any atom is 0.264 e. The Morgan fingerprint density at radius 2 is 2.42 bits per heavy atom. The zero-order chi connectivity index (χ0) is 13.2. The number of aliphatic imine (C=N–C) groups is 1. The third kappa shape index (κ3) is 2.60. The number of hydrogen-bond donors (Lipinski definition) is 1. The van der Waals surface area contributed by atoms with Crippen LogP contribution in [0.5, 0.6) is 0 Å². The predicted octanol–water partition coefficient (Wildman–Crippen LogP) is 2.47. The number of carbonyl (C=O) groups excluding carboxylic acids is 1. The van der Waals surface area contributed by atoms with Crippen molar-refractivity contribution in [3.63, 3.8) is 0 Å². The first-order valence-corrected chi connectivity index (χ1v) is 6.29. The number of rotatable bonds is 2. The summed E-state index contributed by atoms with van der Waals surface area (Å²) in [7, 11) is 0. The maximum absolute atomic E-state index is 11.7. The summed E-state index contributed by atoms with van der Waals surface area (Å²) >= 11 is 1.23. The summed E-state index contributed by atoms with van der Waals surface area (Å²) in [4.78, 5) is 16.4. The van der Waals surface area contributed by atoms with E-state index in [9.17, 15) is 4.79 Å². The molecule has 19 heavy (non-hydrogen) atoms. The smallest absolute Gasteiger partial charge is 0.264 e. The minimum absolute atomic E-state index is 0.208. The zero-order valence-electron chi connectivity index (χ0n) is 9.91. The minimum Gasteiger partial charge on any atom is -0.465 e. The largest absolute Gasteiger partial charge is 0.465 e. The Hall–Kier alpha value is -2.28. The van der Waals surface area contributed by atoms with Gasteiger partial charge in [0.2, 0.25) is 0 Å². The van der Waals surface area contributed by atoms with Gasteiger partial charge in [-0.1, -0.05) is 5.16 Å². The Morgan fingerprint density at radius 1 is 1.53 bits per heavy atom. The van der Waals surface area contributed by atoms with Gasteiger partial charge in [0.1, 0.15) is 11.5 Å². The van der Waals surface area contributed by atoms with Crippen molar-refractivity contribution < 1.29 is 13.7 Å². The van der Waals surface area contributed by atoms with Crippen LogP contribution in [0, 0.1) is 6.92 Å². The van der Waals surface area contributed by atoms with Gasteiger partial charge >= 0.3 is 0 Å². The van der Waals surface area contributed by atoms with Gasteiger partial charge in [0.25, 0.3) is 5.91 Å². The lowest BCUT2D eigenvalue weighted by Crippen LogP contribution is -2.19. The summed E-state index contributed by atoms with van der Waals surface area (Å²) in [6, 6.07) is 5.22. The molecule has 0 aromatic carbocycles. The summed E-state index contributed by atoms with van der Waals surface area (Å²) in [6.07, 6.45) is 3.22. The molecule has 3 heterocycles. The number of nitrogens with zero attached hydrogens (tertiary/aromatic N) is 2. The fourth-order valence-corrected chi connectivity index (χ4v) is 2.30. The molecule has 0 radical (unpaired) electrons. The van der Waals surface area contributed by atoms with Gasteiger partial charge in [-0.05, 0) is 30.8 Å². The van der Waals surface area contributed by atoms with Crippen molar-refractivity contribution in [3.8, 4) is 0 Å². The summed E-state index contributed by atoms with van der Waals surface area (Å²) in [5.41, 5.74) is 0. The molecular formula is C12H9N3O3S. The molecule has 0 saturated carbocycles. The Balaban J connectivity index is 1.82. The molecule has 0 atom stereocenters. The van der Waals surface area contributed by atoms with Crippen LogP contribution in [0.1, 0.15) is 11.5 Å². The van der Waals surface area contributed by atoms with Crippen LogP contribution in [0.25, 0.3) is 6.08 Å². The Labute approximate surface area is 112 Å². The van der Waals surface area contributed by atoms with Crippen molar-refractivity contribution in [2.45, 2.75) is 6.92 Å². The van der Waals surface area contributed by atoms with E-state index in [-0.39, 0.29) is 5.91 Å². The second kappa shape index (κ2) is 4.77. The molecule has 1 saturated heterocycles. The number of amidine groups is 1. The Bertz CT molecular complexity index is 670. The second-order valence-corrected chi connectivity index (χ2v) is 4.82. The fraction of sp³-hybridized carbons (Fsp3) is 0.0833. The van der Waals surface area contributed by atoms with Crippen molar-refractivity contribution in [2.24, 2.45) is 4.99 Å². The number of aryl methyl sites for hydroxylation is 1. The van der Waals surface area contributed by atoms with Crippen molar-refractivity contribution in [2.75, 3.05) is 0 Å². The maximum atomic E-state index is 11.7. The third-order valence-electron chi connectivity index (χ3n) is 2.30. The lowest BCUT2D eigenvalue weighted by atomic mass is 10.4. The molecule has 0 unspecified atom stereocenters. The van der Waals surface area contributed by atoms with Gasteiger partial charge < -0.3 is 14.3 Å². The molecule has 1 amide bonds. The molecule has 2 aromatic rings. The SMILES string of the molecule is Cc1cc(N=C2NC(=O)/C(=C/c3ccco3)S2)no1. The normalized spacial score (nSPS) is 19.3. The van der Waals surface area contributed by atoms with E-state index in [1.165, 1.54) is 11.8 Å². The predicted molar refractivity (Wildman–Crippen MR) is 70.8 cm³/mol. The number of nitrogens with one attached hydrogen (secondary N) is 1. The van der Waals surface area contributed by atoms with Crippen LogP contribution in [0.3, 0.4) is 0 Å². The van der Waals surface area contributed by atoms with E-state index in [2.05, 4.69) is 15.5 Å². The fourth-order valence-electron chi connectivity index (χ4n) is 1.49. The summed E-state index contributed by atoms with van der Waals surface area (Å²) < 4.78 is 10.1. The van der Waals surface area contributed by atoms with Crippen LogP contribution in [0.15, 0.2) is 43.3 Å². The standard InChI is InChI=1S/C12H9N3O3S/c1-7-5-10(15-18-7)13-12-14-11(16)9(19-12)6-8-3-2-4-17-8/h2-6H,1H3,(H,13,14,15,16)/b9-6-. The van der Waals surface area contributed by atoms with E-state index >= 15 is 0 Å². The van der Waals surface area contributed by atoms with Crippen LogP contribution in [0.4, 0.5) is 5.82 Å². The molecule has 2 aromatic heterocycles. The van der Waals surface area contributed by atoms with Gasteiger partial charge in [-0.15, -0.1) is 0 Å². The zero-order valence-corrected chi connectivity index (χ0v) is 10.7. The molecule has 6 nitrogen and oxygen atoms in total. The first kappa shape index (κ1) is 11.8. The van der Waals surface area contributed by atoms with Gasteiger partial charge in [-0.3, -0.25) is 4.79 Å². The lowest BCUT2D eigenvalue weighted by Gasteiger charge is -1.89. The first-order chi connectivity index (χ1) is 9.20. The molecule has 7 heteroatoms. The van der Waals surface area contributed by atoms with E-state index in [1.807, 2.05) is 0 Å². The van der Waals surface area contributed by atoms with Gasteiger partial charge in [0.15, 0.2) is 11.0 Å². The van der Waals surface area contributed by atoms with E-state index in [4.69, 9.17) is 8.94 Å². The summed E-state index contributed by atoms with van der Waals surface area (Å²) in [5, 5.41) is 6.87. The molecule has 0 spiro atoms. The monoisotopic (exact) mass is 275 g/mol. The highest BCUT2D eigenvalue weighted by Crippen LogP contribution is 2.27. The third-order valence-corrected chi connectivity index (χ3v) is 3.21. The second-order valence-electron chi connectivity index (χ2n) is 3.79. The van der Waals surface area contributed by atoms with Gasteiger partial charge in [-0.25, -0.2) is 4.99 Å². The molecule has 1 aliphatic rings. The average molecular weight is 275 g/mol. The van der Waals surface area contributed by atoms with Crippen molar-refractivity contribution in [1.29, 1.82) is 0 Å². The molecule has 1 fully saturated rings. The van der Waals surface area contributed by atoms with E-state index in [0.29, 0.717) is 27.4 Å². The molecular weight excluding hydrogens is 266 g/mol. The van der Waals surface area contributed by atoms with Crippen LogP contribution >= 0.6 is 11.8 Å². The molecule has 0 bridgehead atoms. The van der Waals surface area contributed by atoms with Gasteiger partial charge in [0.05, 0.1) is 11.2 Å². The highest BCUT2D eigenvalue weighted by atomic mass is 32.2. The van der Waals surface area contributed by atoms with E-state index < -0.39 is 0 Å². The van der Waals surface area contributed by atoms with Crippen molar-refractivity contribution >= 4 is 34.7 Å². The number of furan rings is 1. The number of carbonyl (C=O) groups is 1. The molecule has 0 aliphatic carbocycles. The molecule has 3 rings (SSSR count).